The first kappa shape index (κ1) is 22.3. The van der Waals surface area contributed by atoms with Gasteiger partial charge in [0.15, 0.2) is 6.23 Å². The van der Waals surface area contributed by atoms with Gasteiger partial charge in [-0.15, -0.1) is 0 Å². The highest BCUT2D eigenvalue weighted by molar-refractivity contribution is 5.66. The molecule has 0 aromatic heterocycles. The van der Waals surface area contributed by atoms with Crippen molar-refractivity contribution < 1.29 is 19.8 Å². The Labute approximate surface area is 198 Å². The van der Waals surface area contributed by atoms with Crippen LogP contribution in [0.5, 0.6) is 0 Å². The Balaban J connectivity index is 1.48. The second-order valence-corrected chi connectivity index (χ2v) is 11.7. The highest BCUT2D eigenvalue weighted by atomic mass is 16.3. The molecule has 1 aromatic carbocycles. The predicted octanol–water partition coefficient (Wildman–Crippen LogP) is 1.77. The van der Waals surface area contributed by atoms with Gasteiger partial charge in [-0.2, -0.15) is 0 Å². The zero-order valence-electron chi connectivity index (χ0n) is 20.6. The average Bonchev–Trinajstić information content (AvgIpc) is 3.20. The van der Waals surface area contributed by atoms with Gasteiger partial charge >= 0.3 is 0 Å². The Kier molecular flexibility index (Phi) is 5.01. The second-order valence-electron chi connectivity index (χ2n) is 11.7. The summed E-state index contributed by atoms with van der Waals surface area (Å²) in [5.41, 5.74) is 2.32. The fraction of sp³-hybridized carbons (Fsp3) is 0.778. The van der Waals surface area contributed by atoms with Crippen LogP contribution in [0.15, 0.2) is 24.3 Å². The maximum Gasteiger partial charge on any atom is 0.194 e. The van der Waals surface area contributed by atoms with E-state index in [-0.39, 0.29) is 41.5 Å². The highest BCUT2D eigenvalue weighted by Gasteiger charge is 2.83. The number of quaternary nitrogens is 1. The number of likely N-dealkylation sites (N-methyl/N-ethyl adjacent to an activating group) is 2. The third-order valence-corrected chi connectivity index (χ3v) is 11.0. The fourth-order valence-corrected chi connectivity index (χ4v) is 9.96. The van der Waals surface area contributed by atoms with Gasteiger partial charge in [-0.3, -0.25) is 4.48 Å². The van der Waals surface area contributed by atoms with Crippen LogP contribution in [-0.2, 0) is 5.41 Å². The van der Waals surface area contributed by atoms with Crippen molar-refractivity contribution in [2.24, 2.45) is 17.8 Å². The standard InChI is InChI=1S/C27H42N3O3/c1-5-17-18-12-21-24-27(19-10-8-9-11-20(19)28(24)4)13-22(23(18)25(27)32)30(21,26(17)33)15-16(31)14-29(6-2)7-3/h8-11,16-18,21-26,31-33H,5-7,12-15H2,1-4H3/q+1/t16?,17-,18-,21-,22-,23-,24-,25+,26+,27+,30-/m0/s1. The lowest BCUT2D eigenvalue weighted by atomic mass is 9.60. The van der Waals surface area contributed by atoms with Gasteiger partial charge in [0.1, 0.15) is 18.7 Å². The van der Waals surface area contributed by atoms with Crippen LogP contribution < -0.4 is 4.90 Å². The van der Waals surface area contributed by atoms with Crippen LogP contribution in [0, 0.1) is 17.8 Å². The molecule has 5 heterocycles. The largest absolute Gasteiger partial charge is 0.392 e. The molecular weight excluding hydrogens is 414 g/mol. The SMILES string of the molecule is CC[C@H]1[C@@H]2C[C@H]3[C@@H]4N(C)c5ccccc5[C@]45C[C@@H]([C@H]2[C@H]5O)[N@@+]3(CC(O)CN(CC)CC)[C@@H]1O. The molecular formula is C27H42N3O3+. The molecule has 6 heteroatoms. The number of aliphatic hydroxyl groups excluding tert-OH is 3. The quantitative estimate of drug-likeness (QED) is 0.546. The van der Waals surface area contributed by atoms with Crippen molar-refractivity contribution in [2.75, 3.05) is 38.1 Å². The Morgan fingerprint density at radius 2 is 1.88 bits per heavy atom. The summed E-state index contributed by atoms with van der Waals surface area (Å²) in [6.45, 7) is 9.58. The average molecular weight is 457 g/mol. The van der Waals surface area contributed by atoms with Gasteiger partial charge in [-0.1, -0.05) is 39.0 Å². The van der Waals surface area contributed by atoms with Crippen molar-refractivity contribution in [2.45, 2.75) is 82.0 Å². The molecule has 0 amide bonds. The lowest BCUT2D eigenvalue weighted by molar-refractivity contribution is -1.04. The van der Waals surface area contributed by atoms with Crippen molar-refractivity contribution in [3.8, 4) is 0 Å². The molecule has 182 valence electrons. The van der Waals surface area contributed by atoms with E-state index in [0.29, 0.717) is 23.5 Å². The minimum absolute atomic E-state index is 0.171. The predicted molar refractivity (Wildman–Crippen MR) is 129 cm³/mol. The van der Waals surface area contributed by atoms with Crippen molar-refractivity contribution in [1.29, 1.82) is 0 Å². The van der Waals surface area contributed by atoms with Crippen LogP contribution in [0.3, 0.4) is 0 Å². The summed E-state index contributed by atoms with van der Waals surface area (Å²) in [7, 11) is 2.19. The van der Waals surface area contributed by atoms with E-state index in [2.05, 4.69) is 61.9 Å². The molecule has 5 aliphatic heterocycles. The van der Waals surface area contributed by atoms with Crippen molar-refractivity contribution in [3.63, 3.8) is 0 Å². The number of para-hydroxylation sites is 1. The van der Waals surface area contributed by atoms with Gasteiger partial charge < -0.3 is 25.1 Å². The summed E-state index contributed by atoms with van der Waals surface area (Å²) in [5.74, 6) is 0.785. The van der Waals surface area contributed by atoms with Crippen LogP contribution in [0.1, 0.15) is 45.6 Å². The monoisotopic (exact) mass is 456 g/mol. The zero-order chi connectivity index (χ0) is 23.3. The minimum atomic E-state index is -0.478. The maximum atomic E-state index is 12.1. The summed E-state index contributed by atoms with van der Waals surface area (Å²) >= 11 is 0. The van der Waals surface area contributed by atoms with Crippen LogP contribution >= 0.6 is 0 Å². The molecule has 4 saturated heterocycles. The van der Waals surface area contributed by atoms with E-state index < -0.39 is 12.3 Å². The van der Waals surface area contributed by atoms with Crippen molar-refractivity contribution in [1.82, 2.24) is 4.90 Å². The Morgan fingerprint density at radius 3 is 2.58 bits per heavy atom. The molecule has 6 nitrogen and oxygen atoms in total. The number of fused-ring (bicyclic) bond motifs is 2. The van der Waals surface area contributed by atoms with Crippen LogP contribution in [0.25, 0.3) is 0 Å². The van der Waals surface area contributed by atoms with Crippen LogP contribution in [-0.4, -0.2) is 94.5 Å². The maximum absolute atomic E-state index is 12.1. The third kappa shape index (κ3) is 2.47. The Hall–Kier alpha value is -1.18. The van der Waals surface area contributed by atoms with Gasteiger partial charge in [-0.05, 0) is 37.1 Å². The number of benzene rings is 1. The lowest BCUT2D eigenvalue weighted by Crippen LogP contribution is -2.84. The molecule has 1 unspecified atom stereocenters. The molecule has 5 bridgehead atoms. The van der Waals surface area contributed by atoms with E-state index >= 15 is 0 Å². The number of rotatable bonds is 7. The van der Waals surface area contributed by atoms with E-state index in [9.17, 15) is 15.3 Å². The second kappa shape index (κ2) is 7.41. The number of aliphatic hydroxyl groups is 3. The van der Waals surface area contributed by atoms with Gasteiger partial charge in [-0.25, -0.2) is 0 Å². The van der Waals surface area contributed by atoms with Crippen LogP contribution in [0.2, 0.25) is 0 Å². The number of hydrogen-bond acceptors (Lipinski definition) is 5. The normalized spacial score (nSPS) is 47.3. The van der Waals surface area contributed by atoms with E-state index in [1.54, 1.807) is 0 Å². The summed E-state index contributed by atoms with van der Waals surface area (Å²) in [5, 5.41) is 35.5. The molecule has 5 fully saturated rings. The topological polar surface area (TPSA) is 67.2 Å². The smallest absolute Gasteiger partial charge is 0.194 e. The molecule has 1 saturated carbocycles. The molecule has 1 aromatic rings. The van der Waals surface area contributed by atoms with E-state index in [1.165, 1.54) is 11.3 Å². The third-order valence-electron chi connectivity index (χ3n) is 11.0. The summed E-state index contributed by atoms with van der Waals surface area (Å²) < 4.78 is 0.601. The van der Waals surface area contributed by atoms with Crippen molar-refractivity contribution >= 4 is 5.69 Å². The molecule has 0 radical (unpaired) electrons. The first-order valence-electron chi connectivity index (χ1n) is 13.3. The van der Waals surface area contributed by atoms with E-state index in [4.69, 9.17) is 0 Å². The Morgan fingerprint density at radius 1 is 1.15 bits per heavy atom. The molecule has 1 aliphatic carbocycles. The van der Waals surface area contributed by atoms with E-state index in [0.717, 1.165) is 32.4 Å². The Bertz CT molecular complexity index is 924. The van der Waals surface area contributed by atoms with Gasteiger partial charge in [0, 0.05) is 44.0 Å². The molecule has 3 N–H and O–H groups in total. The van der Waals surface area contributed by atoms with Gasteiger partial charge in [0.25, 0.3) is 0 Å². The molecule has 1 spiro atoms. The molecule has 7 rings (SSSR count). The number of piperidine rings is 4. The number of hydrogen-bond donors (Lipinski definition) is 3. The molecule has 6 aliphatic rings. The van der Waals surface area contributed by atoms with Gasteiger partial charge in [0.05, 0.1) is 23.6 Å². The summed E-state index contributed by atoms with van der Waals surface area (Å²) in [6.07, 6.45) is 1.60. The lowest BCUT2D eigenvalue weighted by Gasteiger charge is -2.68. The zero-order valence-corrected chi connectivity index (χ0v) is 20.6. The number of anilines is 1. The molecule has 11 atom stereocenters. The minimum Gasteiger partial charge on any atom is -0.392 e. The fourth-order valence-electron chi connectivity index (χ4n) is 9.96. The summed E-state index contributed by atoms with van der Waals surface area (Å²) in [6, 6.07) is 9.31. The molecule has 33 heavy (non-hydrogen) atoms. The summed E-state index contributed by atoms with van der Waals surface area (Å²) in [4.78, 5) is 4.71. The van der Waals surface area contributed by atoms with E-state index in [1.807, 2.05) is 0 Å². The van der Waals surface area contributed by atoms with Gasteiger partial charge in [0.2, 0.25) is 0 Å². The van der Waals surface area contributed by atoms with Crippen LogP contribution in [0.4, 0.5) is 5.69 Å². The number of nitrogens with zero attached hydrogens (tertiary/aromatic N) is 3. The highest BCUT2D eigenvalue weighted by Crippen LogP contribution is 2.71. The van der Waals surface area contributed by atoms with Crippen molar-refractivity contribution in [3.05, 3.63) is 29.8 Å². The first-order valence-corrected chi connectivity index (χ1v) is 13.3. The first-order chi connectivity index (χ1) is 15.9.